The molecular weight excluding hydrogens is 204 g/mol. The minimum absolute atomic E-state index is 0.120. The first kappa shape index (κ1) is 13.5. The highest BCUT2D eigenvalue weighted by molar-refractivity contribution is 5.76. The standard InChI is InChI=1S/C12H24N2O2/c1-9(2)14-12(15)7-8-13-10-5-4-6-11(10)16-3/h9-11,13H,4-8H2,1-3H3,(H,14,15). The molecule has 0 aromatic heterocycles. The predicted octanol–water partition coefficient (Wildman–Crippen LogP) is 1.06. The van der Waals surface area contributed by atoms with Crippen molar-refractivity contribution in [2.45, 2.75) is 57.7 Å². The average Bonchev–Trinajstić information content (AvgIpc) is 2.64. The third-order valence-electron chi connectivity index (χ3n) is 2.96. The van der Waals surface area contributed by atoms with Crippen LogP contribution in [0.25, 0.3) is 0 Å². The Morgan fingerprint density at radius 2 is 2.19 bits per heavy atom. The van der Waals surface area contributed by atoms with Gasteiger partial charge in [0.15, 0.2) is 0 Å². The van der Waals surface area contributed by atoms with Crippen LogP contribution in [-0.4, -0.2) is 37.7 Å². The molecule has 94 valence electrons. The van der Waals surface area contributed by atoms with Crippen LogP contribution in [-0.2, 0) is 9.53 Å². The Hall–Kier alpha value is -0.610. The molecule has 0 spiro atoms. The number of methoxy groups -OCH3 is 1. The Balaban J connectivity index is 2.12. The van der Waals surface area contributed by atoms with Gasteiger partial charge in [-0.25, -0.2) is 0 Å². The van der Waals surface area contributed by atoms with Gasteiger partial charge in [0.1, 0.15) is 0 Å². The first-order valence-electron chi connectivity index (χ1n) is 6.19. The summed E-state index contributed by atoms with van der Waals surface area (Å²) in [7, 11) is 1.76. The molecule has 1 fully saturated rings. The van der Waals surface area contributed by atoms with Crippen molar-refractivity contribution in [3.05, 3.63) is 0 Å². The van der Waals surface area contributed by atoms with Crippen LogP contribution in [0, 0.1) is 0 Å². The molecule has 0 aliphatic heterocycles. The highest BCUT2D eigenvalue weighted by Crippen LogP contribution is 2.21. The molecule has 1 amide bonds. The predicted molar refractivity (Wildman–Crippen MR) is 64.3 cm³/mol. The molecule has 0 aromatic carbocycles. The van der Waals surface area contributed by atoms with Gasteiger partial charge < -0.3 is 15.4 Å². The Labute approximate surface area is 98.1 Å². The van der Waals surface area contributed by atoms with Gasteiger partial charge in [-0.1, -0.05) is 0 Å². The summed E-state index contributed by atoms with van der Waals surface area (Å²) in [5.74, 6) is 0.120. The number of carbonyl (C=O) groups excluding carboxylic acids is 1. The van der Waals surface area contributed by atoms with Crippen molar-refractivity contribution in [2.75, 3.05) is 13.7 Å². The van der Waals surface area contributed by atoms with Crippen LogP contribution in [0.4, 0.5) is 0 Å². The number of ether oxygens (including phenoxy) is 1. The Bertz CT molecular complexity index is 219. The molecule has 2 unspecified atom stereocenters. The SMILES string of the molecule is COC1CCCC1NCCC(=O)NC(C)C. The van der Waals surface area contributed by atoms with Crippen molar-refractivity contribution in [1.82, 2.24) is 10.6 Å². The first-order valence-corrected chi connectivity index (χ1v) is 6.19. The molecule has 2 N–H and O–H groups in total. The van der Waals surface area contributed by atoms with Crippen molar-refractivity contribution < 1.29 is 9.53 Å². The third-order valence-corrected chi connectivity index (χ3v) is 2.96. The van der Waals surface area contributed by atoms with Crippen LogP contribution in [0.1, 0.15) is 39.5 Å². The molecule has 1 aliphatic rings. The lowest BCUT2D eigenvalue weighted by Gasteiger charge is -2.19. The number of hydrogen-bond donors (Lipinski definition) is 2. The molecule has 4 heteroatoms. The normalized spacial score (nSPS) is 25.0. The third kappa shape index (κ3) is 4.49. The average molecular weight is 228 g/mol. The maximum absolute atomic E-state index is 11.4. The van der Waals surface area contributed by atoms with Crippen LogP contribution < -0.4 is 10.6 Å². The van der Waals surface area contributed by atoms with Gasteiger partial charge in [-0.2, -0.15) is 0 Å². The second kappa shape index (κ2) is 6.86. The van der Waals surface area contributed by atoms with E-state index in [1.54, 1.807) is 7.11 Å². The second-order valence-corrected chi connectivity index (χ2v) is 4.74. The monoisotopic (exact) mass is 228 g/mol. The maximum Gasteiger partial charge on any atom is 0.221 e. The Morgan fingerprint density at radius 1 is 1.44 bits per heavy atom. The van der Waals surface area contributed by atoms with Crippen molar-refractivity contribution in [3.8, 4) is 0 Å². The van der Waals surface area contributed by atoms with Crippen LogP contribution in [0.15, 0.2) is 0 Å². The minimum atomic E-state index is 0.120. The summed E-state index contributed by atoms with van der Waals surface area (Å²) < 4.78 is 5.38. The van der Waals surface area contributed by atoms with E-state index in [1.807, 2.05) is 13.8 Å². The molecule has 1 saturated carbocycles. The number of carbonyl (C=O) groups is 1. The van der Waals surface area contributed by atoms with Crippen LogP contribution in [0.5, 0.6) is 0 Å². The summed E-state index contributed by atoms with van der Waals surface area (Å²) in [5.41, 5.74) is 0. The van der Waals surface area contributed by atoms with E-state index in [1.165, 1.54) is 6.42 Å². The number of nitrogens with one attached hydrogen (secondary N) is 2. The fraction of sp³-hybridized carbons (Fsp3) is 0.917. The summed E-state index contributed by atoms with van der Waals surface area (Å²) in [6, 6.07) is 0.655. The largest absolute Gasteiger partial charge is 0.380 e. The van der Waals surface area contributed by atoms with E-state index >= 15 is 0 Å². The van der Waals surface area contributed by atoms with E-state index in [0.717, 1.165) is 19.4 Å². The second-order valence-electron chi connectivity index (χ2n) is 4.74. The number of rotatable bonds is 6. The summed E-state index contributed by atoms with van der Waals surface area (Å²) in [6.07, 6.45) is 4.38. The van der Waals surface area contributed by atoms with E-state index in [-0.39, 0.29) is 11.9 Å². The Kier molecular flexibility index (Phi) is 5.77. The van der Waals surface area contributed by atoms with Gasteiger partial charge in [0.2, 0.25) is 5.91 Å². The first-order chi connectivity index (χ1) is 7.63. The van der Waals surface area contributed by atoms with Gasteiger partial charge in [-0.15, -0.1) is 0 Å². The molecular formula is C12H24N2O2. The lowest BCUT2D eigenvalue weighted by molar-refractivity contribution is -0.121. The van der Waals surface area contributed by atoms with E-state index in [2.05, 4.69) is 10.6 Å². The molecule has 0 heterocycles. The lowest BCUT2D eigenvalue weighted by atomic mass is 10.2. The topological polar surface area (TPSA) is 50.4 Å². The van der Waals surface area contributed by atoms with Gasteiger partial charge >= 0.3 is 0 Å². The quantitative estimate of drug-likeness (QED) is 0.714. The zero-order valence-electron chi connectivity index (χ0n) is 10.6. The maximum atomic E-state index is 11.4. The van der Waals surface area contributed by atoms with Gasteiger partial charge in [-0.3, -0.25) is 4.79 Å². The van der Waals surface area contributed by atoms with Crippen LogP contribution in [0.2, 0.25) is 0 Å². The van der Waals surface area contributed by atoms with Crippen LogP contribution in [0.3, 0.4) is 0 Å². The smallest absolute Gasteiger partial charge is 0.221 e. The number of amides is 1. The molecule has 1 aliphatic carbocycles. The fourth-order valence-corrected chi connectivity index (χ4v) is 2.21. The van der Waals surface area contributed by atoms with Crippen molar-refractivity contribution in [1.29, 1.82) is 0 Å². The van der Waals surface area contributed by atoms with Crippen molar-refractivity contribution in [2.24, 2.45) is 0 Å². The zero-order chi connectivity index (χ0) is 12.0. The van der Waals surface area contributed by atoms with E-state index in [9.17, 15) is 4.79 Å². The summed E-state index contributed by atoms with van der Waals surface area (Å²) in [4.78, 5) is 11.4. The zero-order valence-corrected chi connectivity index (χ0v) is 10.6. The molecule has 1 rings (SSSR count). The van der Waals surface area contributed by atoms with Gasteiger partial charge in [0.05, 0.1) is 6.10 Å². The molecule has 0 radical (unpaired) electrons. The molecule has 4 nitrogen and oxygen atoms in total. The summed E-state index contributed by atoms with van der Waals surface area (Å²) in [5, 5.41) is 6.28. The van der Waals surface area contributed by atoms with Gasteiger partial charge in [0.25, 0.3) is 0 Å². The van der Waals surface area contributed by atoms with Gasteiger partial charge in [-0.05, 0) is 33.1 Å². The molecule has 16 heavy (non-hydrogen) atoms. The molecule has 2 atom stereocenters. The fourth-order valence-electron chi connectivity index (χ4n) is 2.21. The minimum Gasteiger partial charge on any atom is -0.380 e. The lowest BCUT2D eigenvalue weighted by Crippen LogP contribution is -2.39. The highest BCUT2D eigenvalue weighted by Gasteiger charge is 2.26. The highest BCUT2D eigenvalue weighted by atomic mass is 16.5. The van der Waals surface area contributed by atoms with Crippen molar-refractivity contribution in [3.63, 3.8) is 0 Å². The van der Waals surface area contributed by atoms with E-state index < -0.39 is 0 Å². The van der Waals surface area contributed by atoms with Gasteiger partial charge in [0, 0.05) is 32.2 Å². The van der Waals surface area contributed by atoms with Crippen molar-refractivity contribution >= 4 is 5.91 Å². The van der Waals surface area contributed by atoms with E-state index in [0.29, 0.717) is 18.6 Å². The molecule has 0 bridgehead atoms. The molecule has 0 saturated heterocycles. The van der Waals surface area contributed by atoms with E-state index in [4.69, 9.17) is 4.74 Å². The molecule has 0 aromatic rings. The summed E-state index contributed by atoms with van der Waals surface area (Å²) >= 11 is 0. The number of hydrogen-bond acceptors (Lipinski definition) is 3. The Morgan fingerprint density at radius 3 is 2.81 bits per heavy atom. The van der Waals surface area contributed by atoms with Crippen LogP contribution >= 0.6 is 0 Å². The summed E-state index contributed by atoms with van der Waals surface area (Å²) in [6.45, 7) is 4.69.